The Morgan fingerprint density at radius 2 is 2.04 bits per heavy atom. The van der Waals surface area contributed by atoms with Crippen molar-refractivity contribution in [2.24, 2.45) is 0 Å². The Hall–Kier alpha value is -3.40. The molecule has 1 N–H and O–H groups in total. The van der Waals surface area contributed by atoms with Crippen LogP contribution in [0.5, 0.6) is 5.88 Å². The zero-order valence-electron chi connectivity index (χ0n) is 15.3. The third-order valence-electron chi connectivity index (χ3n) is 4.97. The van der Waals surface area contributed by atoms with Crippen LogP contribution in [0.4, 0.5) is 0 Å². The minimum atomic E-state index is -0.0443. The van der Waals surface area contributed by atoms with E-state index in [1.54, 1.807) is 12.1 Å². The molecule has 0 atom stereocenters. The summed E-state index contributed by atoms with van der Waals surface area (Å²) in [4.78, 5) is 16.5. The van der Waals surface area contributed by atoms with Crippen molar-refractivity contribution in [1.82, 2.24) is 15.5 Å². The average Bonchev–Trinajstić information content (AvgIpc) is 3.13. The van der Waals surface area contributed by atoms with Crippen LogP contribution in [0, 0.1) is 11.3 Å². The SMILES string of the molecule is N#Cc1ccc(OC2CCC(NC(=O)Cc3noc4ccccc34)CC2)nc1. The molecule has 28 heavy (non-hydrogen) atoms. The van der Waals surface area contributed by atoms with E-state index in [1.165, 1.54) is 6.20 Å². The van der Waals surface area contributed by atoms with Crippen molar-refractivity contribution >= 4 is 16.9 Å². The number of ether oxygens (including phenoxy) is 1. The summed E-state index contributed by atoms with van der Waals surface area (Å²) in [6.07, 6.45) is 5.20. The maximum atomic E-state index is 12.4. The van der Waals surface area contributed by atoms with Crippen LogP contribution in [0.15, 0.2) is 47.1 Å². The van der Waals surface area contributed by atoms with Crippen molar-refractivity contribution in [3.05, 3.63) is 53.9 Å². The second kappa shape index (κ2) is 8.09. The van der Waals surface area contributed by atoms with Crippen LogP contribution in [-0.4, -0.2) is 28.2 Å². The second-order valence-corrected chi connectivity index (χ2v) is 6.96. The lowest BCUT2D eigenvalue weighted by molar-refractivity contribution is -0.121. The summed E-state index contributed by atoms with van der Waals surface area (Å²) >= 11 is 0. The number of hydrogen-bond acceptors (Lipinski definition) is 6. The molecular weight excluding hydrogens is 356 g/mol. The highest BCUT2D eigenvalue weighted by Gasteiger charge is 2.24. The molecule has 1 amide bonds. The third kappa shape index (κ3) is 4.12. The molecule has 3 aromatic rings. The molecule has 7 nitrogen and oxygen atoms in total. The molecule has 1 aliphatic rings. The zero-order chi connectivity index (χ0) is 19.3. The Morgan fingerprint density at radius 3 is 2.79 bits per heavy atom. The van der Waals surface area contributed by atoms with Crippen molar-refractivity contribution in [2.75, 3.05) is 0 Å². The van der Waals surface area contributed by atoms with Gasteiger partial charge in [-0.15, -0.1) is 0 Å². The monoisotopic (exact) mass is 376 g/mol. The van der Waals surface area contributed by atoms with E-state index < -0.39 is 0 Å². The number of carbonyl (C=O) groups is 1. The number of pyridine rings is 1. The predicted molar refractivity (Wildman–Crippen MR) is 101 cm³/mol. The van der Waals surface area contributed by atoms with Gasteiger partial charge < -0.3 is 14.6 Å². The fraction of sp³-hybridized carbons (Fsp3) is 0.333. The van der Waals surface area contributed by atoms with Crippen LogP contribution in [0.2, 0.25) is 0 Å². The topological polar surface area (TPSA) is 101 Å². The zero-order valence-corrected chi connectivity index (χ0v) is 15.3. The van der Waals surface area contributed by atoms with Crippen molar-refractivity contribution in [3.63, 3.8) is 0 Å². The number of nitrogens with zero attached hydrogens (tertiary/aromatic N) is 3. The van der Waals surface area contributed by atoms with Gasteiger partial charge in [0.2, 0.25) is 11.8 Å². The molecule has 7 heteroatoms. The van der Waals surface area contributed by atoms with Gasteiger partial charge in [0.25, 0.3) is 0 Å². The first kappa shape index (κ1) is 18.0. The summed E-state index contributed by atoms with van der Waals surface area (Å²) in [6, 6.07) is 13.1. The Kier molecular flexibility index (Phi) is 5.20. The van der Waals surface area contributed by atoms with E-state index in [0.717, 1.165) is 31.1 Å². The Bertz CT molecular complexity index is 998. The number of hydrogen-bond donors (Lipinski definition) is 1. The lowest BCUT2D eigenvalue weighted by Crippen LogP contribution is -2.40. The lowest BCUT2D eigenvalue weighted by atomic mass is 9.93. The van der Waals surface area contributed by atoms with E-state index in [1.807, 2.05) is 30.3 Å². The number of benzene rings is 1. The maximum Gasteiger partial charge on any atom is 0.226 e. The van der Waals surface area contributed by atoms with Gasteiger partial charge in [-0.25, -0.2) is 4.98 Å². The van der Waals surface area contributed by atoms with E-state index in [9.17, 15) is 4.79 Å². The van der Waals surface area contributed by atoms with Crippen LogP contribution in [-0.2, 0) is 11.2 Å². The quantitative estimate of drug-likeness (QED) is 0.734. The molecule has 0 spiro atoms. The number of rotatable bonds is 5. The number of aromatic nitrogens is 2. The third-order valence-corrected chi connectivity index (χ3v) is 4.97. The van der Waals surface area contributed by atoms with E-state index in [-0.39, 0.29) is 24.5 Å². The summed E-state index contributed by atoms with van der Waals surface area (Å²) in [5.41, 5.74) is 1.87. The highest BCUT2D eigenvalue weighted by atomic mass is 16.5. The molecule has 2 heterocycles. The molecule has 0 saturated heterocycles. The van der Waals surface area contributed by atoms with Crippen molar-refractivity contribution < 1.29 is 14.1 Å². The Balaban J connectivity index is 1.26. The number of fused-ring (bicyclic) bond motifs is 1. The molecule has 1 aliphatic carbocycles. The van der Waals surface area contributed by atoms with Crippen LogP contribution >= 0.6 is 0 Å². The van der Waals surface area contributed by atoms with Crippen LogP contribution in [0.25, 0.3) is 11.0 Å². The highest BCUT2D eigenvalue weighted by molar-refractivity contribution is 5.86. The summed E-state index contributed by atoms with van der Waals surface area (Å²) in [7, 11) is 0. The van der Waals surface area contributed by atoms with Gasteiger partial charge in [0, 0.05) is 23.7 Å². The van der Waals surface area contributed by atoms with E-state index >= 15 is 0 Å². The average molecular weight is 376 g/mol. The molecule has 1 fully saturated rings. The largest absolute Gasteiger partial charge is 0.474 e. The fourth-order valence-corrected chi connectivity index (χ4v) is 3.51. The molecule has 0 bridgehead atoms. The highest BCUT2D eigenvalue weighted by Crippen LogP contribution is 2.23. The summed E-state index contributed by atoms with van der Waals surface area (Å²) in [5, 5.41) is 16.8. The molecule has 0 aliphatic heterocycles. The van der Waals surface area contributed by atoms with Gasteiger partial charge >= 0.3 is 0 Å². The fourth-order valence-electron chi connectivity index (χ4n) is 3.51. The van der Waals surface area contributed by atoms with Gasteiger partial charge in [0.1, 0.15) is 17.9 Å². The normalized spacial score (nSPS) is 19.1. The molecule has 142 valence electrons. The first-order chi connectivity index (χ1) is 13.7. The van der Waals surface area contributed by atoms with Gasteiger partial charge in [0.15, 0.2) is 5.58 Å². The van der Waals surface area contributed by atoms with Crippen LogP contribution < -0.4 is 10.1 Å². The van der Waals surface area contributed by atoms with Crippen LogP contribution in [0.1, 0.15) is 36.9 Å². The van der Waals surface area contributed by atoms with E-state index in [2.05, 4.69) is 15.5 Å². The number of nitriles is 1. The smallest absolute Gasteiger partial charge is 0.226 e. The number of nitrogens with one attached hydrogen (secondary N) is 1. The molecule has 1 aromatic carbocycles. The van der Waals surface area contributed by atoms with Crippen molar-refractivity contribution in [1.29, 1.82) is 5.26 Å². The first-order valence-corrected chi connectivity index (χ1v) is 9.37. The molecule has 4 rings (SSSR count). The van der Waals surface area contributed by atoms with Gasteiger partial charge in [-0.3, -0.25) is 4.79 Å². The number of amides is 1. The minimum absolute atomic E-state index is 0.0443. The van der Waals surface area contributed by atoms with E-state index in [4.69, 9.17) is 14.5 Å². The van der Waals surface area contributed by atoms with Crippen LogP contribution in [0.3, 0.4) is 0 Å². The minimum Gasteiger partial charge on any atom is -0.474 e. The van der Waals surface area contributed by atoms with Gasteiger partial charge in [0.05, 0.1) is 12.0 Å². The molecule has 1 saturated carbocycles. The van der Waals surface area contributed by atoms with Gasteiger partial charge in [-0.2, -0.15) is 5.26 Å². The first-order valence-electron chi connectivity index (χ1n) is 9.37. The number of carbonyl (C=O) groups excluding carboxylic acids is 1. The van der Waals surface area contributed by atoms with Crippen molar-refractivity contribution in [2.45, 2.75) is 44.2 Å². The lowest BCUT2D eigenvalue weighted by Gasteiger charge is -2.29. The van der Waals surface area contributed by atoms with Crippen molar-refractivity contribution in [3.8, 4) is 11.9 Å². The molecule has 0 unspecified atom stereocenters. The summed E-state index contributed by atoms with van der Waals surface area (Å²) in [6.45, 7) is 0. The maximum absolute atomic E-state index is 12.4. The molecular formula is C21H20N4O3. The Labute approximate surface area is 162 Å². The molecule has 2 aromatic heterocycles. The Morgan fingerprint density at radius 1 is 1.21 bits per heavy atom. The summed E-state index contributed by atoms with van der Waals surface area (Å²) < 4.78 is 11.1. The standard InChI is InChI=1S/C21H20N4O3/c22-12-14-5-10-21(23-13-14)27-16-8-6-15(7-9-16)24-20(26)11-18-17-3-1-2-4-19(17)28-25-18/h1-5,10,13,15-16H,6-9,11H2,(H,24,26). The summed E-state index contributed by atoms with van der Waals surface area (Å²) in [5.74, 6) is 0.488. The van der Waals surface area contributed by atoms with Gasteiger partial charge in [-0.1, -0.05) is 17.3 Å². The second-order valence-electron chi connectivity index (χ2n) is 6.96. The van der Waals surface area contributed by atoms with E-state index in [0.29, 0.717) is 22.7 Å². The predicted octanol–water partition coefficient (Wildman–Crippen LogP) is 3.14. The number of para-hydroxylation sites is 1. The molecule has 0 radical (unpaired) electrons. The van der Waals surface area contributed by atoms with Gasteiger partial charge in [-0.05, 0) is 43.9 Å².